The molecule has 0 aromatic heterocycles. The SMILES string of the molecule is C[S+]([O-])CCC(NC(=O)C(N)CC(N)=O)C(=O)O. The molecule has 0 saturated heterocycles. The summed E-state index contributed by atoms with van der Waals surface area (Å²) in [6.07, 6.45) is 1.09. The molecule has 0 bridgehead atoms. The predicted molar refractivity (Wildman–Crippen MR) is 64.9 cm³/mol. The van der Waals surface area contributed by atoms with Crippen LogP contribution < -0.4 is 16.8 Å². The topological polar surface area (TPSA) is 159 Å². The van der Waals surface area contributed by atoms with Crippen molar-refractivity contribution >= 4 is 29.0 Å². The molecule has 2 amide bonds. The summed E-state index contributed by atoms with van der Waals surface area (Å²) in [4.78, 5) is 32.9. The smallest absolute Gasteiger partial charge is 0.326 e. The Kier molecular flexibility index (Phi) is 7.32. The Bertz CT molecular complexity index is 323. The van der Waals surface area contributed by atoms with Crippen molar-refractivity contribution < 1.29 is 24.0 Å². The summed E-state index contributed by atoms with van der Waals surface area (Å²) in [6.45, 7) is 0. The van der Waals surface area contributed by atoms with Crippen molar-refractivity contribution in [3.8, 4) is 0 Å². The Balaban J connectivity index is 4.35. The minimum atomic E-state index is -1.25. The Hall–Kier alpha value is -1.32. The van der Waals surface area contributed by atoms with E-state index in [0.717, 1.165) is 0 Å². The quantitative estimate of drug-likeness (QED) is 0.360. The van der Waals surface area contributed by atoms with Crippen LogP contribution in [0, 0.1) is 0 Å². The molecule has 0 radical (unpaired) electrons. The van der Waals surface area contributed by atoms with Gasteiger partial charge in [-0.2, -0.15) is 0 Å². The van der Waals surface area contributed by atoms with Crippen LogP contribution in [0.1, 0.15) is 12.8 Å². The number of aliphatic carboxylic acids is 1. The molecule has 0 aliphatic heterocycles. The number of nitrogens with two attached hydrogens (primary N) is 2. The number of rotatable bonds is 8. The highest BCUT2D eigenvalue weighted by Gasteiger charge is 2.24. The molecule has 104 valence electrons. The van der Waals surface area contributed by atoms with Gasteiger partial charge in [-0.05, 0) is 0 Å². The minimum Gasteiger partial charge on any atom is -0.617 e. The van der Waals surface area contributed by atoms with Crippen LogP contribution in [-0.4, -0.2) is 51.5 Å². The van der Waals surface area contributed by atoms with Crippen LogP contribution >= 0.6 is 0 Å². The molecular formula is C9H17N3O5S. The largest absolute Gasteiger partial charge is 0.617 e. The van der Waals surface area contributed by atoms with Crippen molar-refractivity contribution in [1.29, 1.82) is 0 Å². The Morgan fingerprint density at radius 1 is 1.44 bits per heavy atom. The van der Waals surface area contributed by atoms with Crippen LogP contribution in [0.4, 0.5) is 0 Å². The van der Waals surface area contributed by atoms with Gasteiger partial charge in [0.25, 0.3) is 0 Å². The molecule has 0 saturated carbocycles. The van der Waals surface area contributed by atoms with E-state index in [-0.39, 0.29) is 18.6 Å². The first-order chi connectivity index (χ1) is 8.23. The van der Waals surface area contributed by atoms with Crippen LogP contribution in [0.25, 0.3) is 0 Å². The number of nitrogens with one attached hydrogen (secondary N) is 1. The third kappa shape index (κ3) is 7.09. The van der Waals surface area contributed by atoms with E-state index in [1.54, 1.807) is 0 Å². The van der Waals surface area contributed by atoms with Crippen molar-refractivity contribution in [2.24, 2.45) is 11.5 Å². The summed E-state index contributed by atoms with van der Waals surface area (Å²) >= 11 is -1.16. The van der Waals surface area contributed by atoms with E-state index in [2.05, 4.69) is 5.32 Å². The van der Waals surface area contributed by atoms with Crippen LogP contribution in [-0.2, 0) is 25.6 Å². The summed E-state index contributed by atoms with van der Waals surface area (Å²) in [6, 6.07) is -2.36. The van der Waals surface area contributed by atoms with Crippen molar-refractivity contribution in [2.45, 2.75) is 24.9 Å². The van der Waals surface area contributed by atoms with Gasteiger partial charge in [-0.3, -0.25) is 9.59 Å². The summed E-state index contributed by atoms with van der Waals surface area (Å²) in [5.74, 6) is -2.63. The predicted octanol–water partition coefficient (Wildman–Crippen LogP) is -2.47. The Labute approximate surface area is 107 Å². The van der Waals surface area contributed by atoms with Gasteiger partial charge in [0.05, 0.1) is 18.7 Å². The molecule has 0 fully saturated rings. The van der Waals surface area contributed by atoms with Gasteiger partial charge in [0.1, 0.15) is 11.8 Å². The zero-order chi connectivity index (χ0) is 14.3. The van der Waals surface area contributed by atoms with Crippen molar-refractivity contribution in [3.63, 3.8) is 0 Å². The van der Waals surface area contributed by atoms with Gasteiger partial charge in [0, 0.05) is 6.42 Å². The van der Waals surface area contributed by atoms with Crippen LogP contribution in [0.5, 0.6) is 0 Å². The molecule has 8 nitrogen and oxygen atoms in total. The number of carboxylic acid groups (broad SMARTS) is 1. The van der Waals surface area contributed by atoms with Gasteiger partial charge in [-0.15, -0.1) is 0 Å². The van der Waals surface area contributed by atoms with E-state index in [9.17, 15) is 18.9 Å². The van der Waals surface area contributed by atoms with Crippen LogP contribution in [0.15, 0.2) is 0 Å². The van der Waals surface area contributed by atoms with Gasteiger partial charge in [0.15, 0.2) is 0 Å². The van der Waals surface area contributed by atoms with Crippen molar-refractivity contribution in [2.75, 3.05) is 12.0 Å². The standard InChI is InChI=1S/C9H17N3O5S/c1-18(17)3-2-6(9(15)16)12-8(14)5(10)4-7(11)13/h5-6H,2-4,10H2,1H3,(H2,11,13)(H,12,14)(H,15,16). The molecular weight excluding hydrogens is 262 g/mol. The van der Waals surface area contributed by atoms with Crippen molar-refractivity contribution in [3.05, 3.63) is 0 Å². The number of hydrogen-bond acceptors (Lipinski definition) is 5. The first kappa shape index (κ1) is 16.7. The molecule has 0 rings (SSSR count). The molecule has 0 aromatic carbocycles. The lowest BCUT2D eigenvalue weighted by Gasteiger charge is -2.17. The lowest BCUT2D eigenvalue weighted by atomic mass is 10.1. The number of carbonyl (C=O) groups is 3. The average Bonchev–Trinajstić information content (AvgIpc) is 2.21. The summed E-state index contributed by atoms with van der Waals surface area (Å²) in [7, 11) is 0. The van der Waals surface area contributed by atoms with E-state index in [0.29, 0.717) is 0 Å². The Morgan fingerprint density at radius 2 is 2.00 bits per heavy atom. The van der Waals surface area contributed by atoms with Crippen molar-refractivity contribution in [1.82, 2.24) is 5.32 Å². The minimum absolute atomic E-state index is 0.0213. The second-order valence-corrected chi connectivity index (χ2v) is 5.30. The molecule has 6 N–H and O–H groups in total. The first-order valence-corrected chi connectivity index (χ1v) is 6.83. The maximum absolute atomic E-state index is 11.5. The summed E-state index contributed by atoms with van der Waals surface area (Å²) in [5.41, 5.74) is 10.2. The van der Waals surface area contributed by atoms with E-state index in [4.69, 9.17) is 16.6 Å². The number of amides is 2. The van der Waals surface area contributed by atoms with Gasteiger partial charge in [-0.1, -0.05) is 11.2 Å². The average molecular weight is 279 g/mol. The van der Waals surface area contributed by atoms with E-state index < -0.39 is 41.0 Å². The summed E-state index contributed by atoms with van der Waals surface area (Å²) < 4.78 is 10.9. The zero-order valence-electron chi connectivity index (χ0n) is 9.92. The number of carbonyl (C=O) groups excluding carboxylic acids is 2. The second kappa shape index (κ2) is 7.90. The third-order valence-corrected chi connectivity index (χ3v) is 2.88. The lowest BCUT2D eigenvalue weighted by molar-refractivity contribution is -0.142. The van der Waals surface area contributed by atoms with Gasteiger partial charge in [0.2, 0.25) is 11.8 Å². The normalized spacial score (nSPS) is 15.5. The molecule has 0 aromatic rings. The second-order valence-electron chi connectivity index (χ2n) is 3.74. The molecule has 0 aliphatic carbocycles. The van der Waals surface area contributed by atoms with Crippen LogP contribution in [0.2, 0.25) is 0 Å². The molecule has 0 aliphatic rings. The van der Waals surface area contributed by atoms with E-state index in [1.165, 1.54) is 6.26 Å². The Morgan fingerprint density at radius 3 is 2.39 bits per heavy atom. The highest BCUT2D eigenvalue weighted by atomic mass is 32.2. The molecule has 3 atom stereocenters. The lowest BCUT2D eigenvalue weighted by Crippen LogP contribution is -2.50. The zero-order valence-corrected chi connectivity index (χ0v) is 10.7. The van der Waals surface area contributed by atoms with E-state index >= 15 is 0 Å². The van der Waals surface area contributed by atoms with E-state index in [1.807, 2.05) is 0 Å². The summed E-state index contributed by atoms with van der Waals surface area (Å²) in [5, 5.41) is 11.0. The third-order valence-electron chi connectivity index (χ3n) is 2.07. The van der Waals surface area contributed by atoms with Gasteiger partial charge < -0.3 is 26.4 Å². The fourth-order valence-corrected chi connectivity index (χ4v) is 1.70. The highest BCUT2D eigenvalue weighted by Crippen LogP contribution is 1.98. The highest BCUT2D eigenvalue weighted by molar-refractivity contribution is 7.90. The number of carboxylic acids is 1. The molecule has 0 spiro atoms. The number of primary amides is 1. The maximum atomic E-state index is 11.5. The van der Waals surface area contributed by atoms with Gasteiger partial charge in [-0.25, -0.2) is 4.79 Å². The monoisotopic (exact) mass is 279 g/mol. The fraction of sp³-hybridized carbons (Fsp3) is 0.667. The first-order valence-electron chi connectivity index (χ1n) is 5.11. The molecule has 3 unspecified atom stereocenters. The maximum Gasteiger partial charge on any atom is 0.326 e. The number of hydrogen-bond donors (Lipinski definition) is 4. The molecule has 18 heavy (non-hydrogen) atoms. The molecule has 0 heterocycles. The van der Waals surface area contributed by atoms with Crippen LogP contribution in [0.3, 0.4) is 0 Å². The fourth-order valence-electron chi connectivity index (χ4n) is 1.13. The van der Waals surface area contributed by atoms with Gasteiger partial charge >= 0.3 is 5.97 Å². The molecule has 9 heteroatoms.